The molecule has 1 aliphatic rings. The summed E-state index contributed by atoms with van der Waals surface area (Å²) in [6.45, 7) is 2.30. The Hall–Kier alpha value is -2.02. The van der Waals surface area contributed by atoms with E-state index in [0.29, 0.717) is 19.4 Å². The van der Waals surface area contributed by atoms with Crippen LogP contribution < -0.4 is 4.74 Å². The van der Waals surface area contributed by atoms with E-state index in [0.717, 1.165) is 11.3 Å². The lowest BCUT2D eigenvalue weighted by molar-refractivity contribution is -0.137. The molecule has 0 fully saturated rings. The van der Waals surface area contributed by atoms with E-state index in [1.165, 1.54) is 0 Å². The molecule has 0 N–H and O–H groups in total. The second-order valence-corrected chi connectivity index (χ2v) is 4.98. The normalized spacial score (nSPS) is 18.7. The molecule has 1 aliphatic heterocycles. The second-order valence-electron chi connectivity index (χ2n) is 4.98. The highest BCUT2D eigenvalue weighted by atomic mass is 16.5. The van der Waals surface area contributed by atoms with Gasteiger partial charge < -0.3 is 9.64 Å². The number of hydrogen-bond acceptors (Lipinski definition) is 3. The minimum absolute atomic E-state index is 0.0530. The first kappa shape index (κ1) is 13.4. The van der Waals surface area contributed by atoms with E-state index < -0.39 is 0 Å². The van der Waals surface area contributed by atoms with Crippen LogP contribution in [0.4, 0.5) is 0 Å². The maximum Gasteiger partial charge on any atom is 0.229 e. The van der Waals surface area contributed by atoms with Crippen LogP contribution in [-0.2, 0) is 11.2 Å². The maximum absolute atomic E-state index is 12.4. The number of fused-ring (bicyclic) bond motifs is 1. The van der Waals surface area contributed by atoms with Gasteiger partial charge in [-0.25, -0.2) is 0 Å². The third kappa shape index (κ3) is 2.87. The van der Waals surface area contributed by atoms with E-state index in [9.17, 15) is 4.79 Å². The molecule has 1 aromatic rings. The van der Waals surface area contributed by atoms with Gasteiger partial charge >= 0.3 is 0 Å². The smallest absolute Gasteiger partial charge is 0.229 e. The molecule has 4 heteroatoms. The molecule has 100 valence electrons. The van der Waals surface area contributed by atoms with Gasteiger partial charge in [0.05, 0.1) is 18.4 Å². The van der Waals surface area contributed by atoms with Crippen molar-refractivity contribution < 1.29 is 9.53 Å². The fraction of sp³-hybridized carbons (Fsp3) is 0.467. The van der Waals surface area contributed by atoms with Gasteiger partial charge in [-0.2, -0.15) is 5.26 Å². The molecular weight excluding hydrogens is 240 g/mol. The Bertz CT molecular complexity index is 507. The first-order chi connectivity index (χ1) is 9.13. The first-order valence-electron chi connectivity index (χ1n) is 6.47. The van der Waals surface area contributed by atoms with Gasteiger partial charge in [0, 0.05) is 13.1 Å². The van der Waals surface area contributed by atoms with E-state index in [1.807, 2.05) is 31.2 Å². The van der Waals surface area contributed by atoms with Gasteiger partial charge in [0.1, 0.15) is 12.4 Å². The highest BCUT2D eigenvalue weighted by Gasteiger charge is 2.29. The van der Waals surface area contributed by atoms with Gasteiger partial charge in [0.15, 0.2) is 0 Å². The Labute approximate surface area is 113 Å². The van der Waals surface area contributed by atoms with Crippen molar-refractivity contribution in [2.75, 3.05) is 13.7 Å². The highest BCUT2D eigenvalue weighted by molar-refractivity contribution is 5.79. The topological polar surface area (TPSA) is 53.3 Å². The van der Waals surface area contributed by atoms with Crippen LogP contribution in [-0.4, -0.2) is 30.5 Å². The maximum atomic E-state index is 12.4. The standard InChI is InChI=1S/C15H18N2O2/c1-11(7-8-16)17(2)15(18)13-9-12-5-3-4-6-14(12)19-10-13/h3-6,11,13H,7,9-10H2,1-2H3. The quantitative estimate of drug-likeness (QED) is 0.833. The average molecular weight is 258 g/mol. The average Bonchev–Trinajstić information content (AvgIpc) is 2.45. The molecule has 1 heterocycles. The fourth-order valence-electron chi connectivity index (χ4n) is 2.26. The zero-order chi connectivity index (χ0) is 13.8. The minimum atomic E-state index is -0.152. The highest BCUT2D eigenvalue weighted by Crippen LogP contribution is 2.27. The van der Waals surface area contributed by atoms with Crippen LogP contribution in [0.15, 0.2) is 24.3 Å². The number of para-hydroxylation sites is 1. The molecule has 0 radical (unpaired) electrons. The Morgan fingerprint density at radius 2 is 2.32 bits per heavy atom. The molecule has 2 atom stereocenters. The summed E-state index contributed by atoms with van der Waals surface area (Å²) in [5.41, 5.74) is 1.08. The zero-order valence-corrected chi connectivity index (χ0v) is 11.3. The number of carbonyl (C=O) groups excluding carboxylic acids is 1. The summed E-state index contributed by atoms with van der Waals surface area (Å²) in [7, 11) is 1.75. The van der Waals surface area contributed by atoms with Crippen molar-refractivity contribution in [1.29, 1.82) is 5.26 Å². The fourth-order valence-corrected chi connectivity index (χ4v) is 2.26. The number of carbonyl (C=O) groups is 1. The molecular formula is C15H18N2O2. The molecule has 0 saturated carbocycles. The summed E-state index contributed by atoms with van der Waals surface area (Å²) < 4.78 is 5.63. The molecule has 0 bridgehead atoms. The van der Waals surface area contributed by atoms with Crippen molar-refractivity contribution >= 4 is 5.91 Å². The monoisotopic (exact) mass is 258 g/mol. The van der Waals surface area contributed by atoms with Gasteiger partial charge in [-0.1, -0.05) is 18.2 Å². The summed E-state index contributed by atoms with van der Waals surface area (Å²) in [5.74, 6) is 0.776. The number of amides is 1. The molecule has 1 aromatic carbocycles. The van der Waals surface area contributed by atoms with Crippen molar-refractivity contribution in [1.82, 2.24) is 4.90 Å². The summed E-state index contributed by atoms with van der Waals surface area (Å²) in [4.78, 5) is 14.0. The van der Waals surface area contributed by atoms with Crippen molar-refractivity contribution in [3.8, 4) is 11.8 Å². The Balaban J connectivity index is 2.05. The van der Waals surface area contributed by atoms with Crippen LogP contribution in [0.25, 0.3) is 0 Å². The molecule has 0 aromatic heterocycles. The molecule has 2 rings (SSSR count). The molecule has 0 spiro atoms. The van der Waals surface area contributed by atoms with Crippen LogP contribution in [0.3, 0.4) is 0 Å². The number of nitriles is 1. The summed E-state index contributed by atoms with van der Waals surface area (Å²) in [6.07, 6.45) is 1.06. The van der Waals surface area contributed by atoms with Crippen LogP contribution >= 0.6 is 0 Å². The minimum Gasteiger partial charge on any atom is -0.492 e. The van der Waals surface area contributed by atoms with Crippen molar-refractivity contribution in [3.63, 3.8) is 0 Å². The lowest BCUT2D eigenvalue weighted by atomic mass is 9.95. The number of nitrogens with zero attached hydrogens (tertiary/aromatic N) is 2. The first-order valence-corrected chi connectivity index (χ1v) is 6.47. The number of benzene rings is 1. The number of rotatable bonds is 3. The van der Waals surface area contributed by atoms with Gasteiger partial charge in [0.2, 0.25) is 5.91 Å². The summed E-state index contributed by atoms with van der Waals surface area (Å²) >= 11 is 0. The van der Waals surface area contributed by atoms with Crippen molar-refractivity contribution in [3.05, 3.63) is 29.8 Å². The SMILES string of the molecule is CC(CC#N)N(C)C(=O)C1COc2ccccc2C1. The van der Waals surface area contributed by atoms with E-state index in [2.05, 4.69) is 6.07 Å². The number of ether oxygens (including phenoxy) is 1. The van der Waals surface area contributed by atoms with Crippen molar-refractivity contribution in [2.45, 2.75) is 25.8 Å². The molecule has 0 saturated heterocycles. The summed E-state index contributed by atoms with van der Waals surface area (Å²) in [6, 6.07) is 9.85. The van der Waals surface area contributed by atoms with E-state index >= 15 is 0 Å². The van der Waals surface area contributed by atoms with Crippen LogP contribution in [0.2, 0.25) is 0 Å². The largest absolute Gasteiger partial charge is 0.492 e. The van der Waals surface area contributed by atoms with Crippen LogP contribution in [0.1, 0.15) is 18.9 Å². The Morgan fingerprint density at radius 3 is 3.05 bits per heavy atom. The summed E-state index contributed by atoms with van der Waals surface area (Å²) in [5, 5.41) is 8.70. The third-order valence-corrected chi connectivity index (χ3v) is 3.62. The van der Waals surface area contributed by atoms with Crippen LogP contribution in [0.5, 0.6) is 5.75 Å². The number of hydrogen-bond donors (Lipinski definition) is 0. The van der Waals surface area contributed by atoms with Gasteiger partial charge in [-0.15, -0.1) is 0 Å². The molecule has 19 heavy (non-hydrogen) atoms. The Morgan fingerprint density at radius 1 is 1.58 bits per heavy atom. The van der Waals surface area contributed by atoms with Gasteiger partial charge in [0.25, 0.3) is 0 Å². The molecule has 2 unspecified atom stereocenters. The van der Waals surface area contributed by atoms with E-state index in [4.69, 9.17) is 10.00 Å². The van der Waals surface area contributed by atoms with Crippen LogP contribution in [0, 0.1) is 17.2 Å². The lowest BCUT2D eigenvalue weighted by Gasteiger charge is -2.30. The van der Waals surface area contributed by atoms with Gasteiger partial charge in [-0.3, -0.25) is 4.79 Å². The second kappa shape index (κ2) is 5.75. The van der Waals surface area contributed by atoms with E-state index in [-0.39, 0.29) is 17.9 Å². The molecule has 0 aliphatic carbocycles. The third-order valence-electron chi connectivity index (χ3n) is 3.62. The Kier molecular flexibility index (Phi) is 4.06. The molecule has 4 nitrogen and oxygen atoms in total. The van der Waals surface area contributed by atoms with Crippen molar-refractivity contribution in [2.24, 2.45) is 5.92 Å². The van der Waals surface area contributed by atoms with E-state index in [1.54, 1.807) is 11.9 Å². The predicted octanol–water partition coefficient (Wildman–Crippen LogP) is 2.00. The lowest BCUT2D eigenvalue weighted by Crippen LogP contribution is -2.42. The zero-order valence-electron chi connectivity index (χ0n) is 11.3. The molecule has 1 amide bonds. The predicted molar refractivity (Wildman–Crippen MR) is 71.6 cm³/mol. The van der Waals surface area contributed by atoms with Gasteiger partial charge in [-0.05, 0) is 25.0 Å².